The second-order valence-electron chi connectivity index (χ2n) is 5.28. The molecule has 0 amide bonds. The Bertz CT molecular complexity index is 247. The lowest BCUT2D eigenvalue weighted by Gasteiger charge is -2.32. The maximum absolute atomic E-state index is 2.44. The second kappa shape index (κ2) is 6.93. The molecule has 3 unspecified atom stereocenters. The largest absolute Gasteiger partial charge is 0.0882 e. The molecule has 92 valence electrons. The van der Waals surface area contributed by atoms with Crippen LogP contribution in [0.1, 0.15) is 59.8 Å². The standard InChI is InChI=1S/C16H28/c1-5-7-11-15(6-2)14(4)16-12-9-8-10-13(16)3/h6,8,10,13-14,16H,5,7,9,11-12H2,1-4H3/b15-6+. The van der Waals surface area contributed by atoms with E-state index in [9.17, 15) is 0 Å². The molecule has 0 radical (unpaired) electrons. The van der Waals surface area contributed by atoms with Crippen LogP contribution in [0.25, 0.3) is 0 Å². The van der Waals surface area contributed by atoms with Crippen molar-refractivity contribution in [3.63, 3.8) is 0 Å². The number of allylic oxidation sites excluding steroid dienone is 4. The Labute approximate surface area is 102 Å². The highest BCUT2D eigenvalue weighted by Gasteiger charge is 2.25. The Morgan fingerprint density at radius 1 is 1.50 bits per heavy atom. The van der Waals surface area contributed by atoms with Crippen LogP contribution in [0.4, 0.5) is 0 Å². The molecule has 0 aromatic carbocycles. The monoisotopic (exact) mass is 220 g/mol. The van der Waals surface area contributed by atoms with E-state index in [0.29, 0.717) is 0 Å². The van der Waals surface area contributed by atoms with E-state index in [1.807, 2.05) is 0 Å². The van der Waals surface area contributed by atoms with Crippen molar-refractivity contribution in [3.8, 4) is 0 Å². The molecule has 3 atom stereocenters. The minimum absolute atomic E-state index is 0.764. The fourth-order valence-corrected chi connectivity index (χ4v) is 3.00. The Morgan fingerprint density at radius 3 is 2.81 bits per heavy atom. The maximum atomic E-state index is 2.44. The lowest BCUT2D eigenvalue weighted by atomic mass is 9.73. The van der Waals surface area contributed by atoms with Crippen molar-refractivity contribution in [3.05, 3.63) is 23.8 Å². The molecule has 0 N–H and O–H groups in total. The Kier molecular flexibility index (Phi) is 5.87. The maximum Gasteiger partial charge on any atom is -0.0198 e. The molecular weight excluding hydrogens is 192 g/mol. The lowest BCUT2D eigenvalue weighted by molar-refractivity contribution is 0.291. The lowest BCUT2D eigenvalue weighted by Crippen LogP contribution is -2.22. The summed E-state index contributed by atoms with van der Waals surface area (Å²) in [5, 5.41) is 0. The van der Waals surface area contributed by atoms with Crippen LogP contribution < -0.4 is 0 Å². The summed E-state index contributed by atoms with van der Waals surface area (Å²) in [5.41, 5.74) is 1.69. The Morgan fingerprint density at radius 2 is 2.25 bits per heavy atom. The third-order valence-electron chi connectivity index (χ3n) is 4.20. The van der Waals surface area contributed by atoms with Crippen molar-refractivity contribution in [2.45, 2.75) is 59.8 Å². The smallest absolute Gasteiger partial charge is 0.0198 e. The molecule has 1 aliphatic carbocycles. The summed E-state index contributed by atoms with van der Waals surface area (Å²) < 4.78 is 0. The van der Waals surface area contributed by atoms with Crippen LogP contribution in [0.2, 0.25) is 0 Å². The second-order valence-corrected chi connectivity index (χ2v) is 5.28. The highest BCUT2D eigenvalue weighted by molar-refractivity contribution is 5.09. The predicted molar refractivity (Wildman–Crippen MR) is 73.5 cm³/mol. The van der Waals surface area contributed by atoms with Gasteiger partial charge >= 0.3 is 0 Å². The summed E-state index contributed by atoms with van der Waals surface area (Å²) in [6.45, 7) is 9.31. The van der Waals surface area contributed by atoms with Gasteiger partial charge < -0.3 is 0 Å². The molecule has 0 aromatic rings. The van der Waals surface area contributed by atoms with Crippen molar-refractivity contribution in [1.29, 1.82) is 0 Å². The van der Waals surface area contributed by atoms with Gasteiger partial charge in [-0.2, -0.15) is 0 Å². The number of rotatable bonds is 5. The molecule has 1 aliphatic rings. The van der Waals surface area contributed by atoms with Gasteiger partial charge in [0, 0.05) is 0 Å². The quantitative estimate of drug-likeness (QED) is 0.547. The summed E-state index contributed by atoms with van der Waals surface area (Å²) in [5.74, 6) is 2.41. The minimum Gasteiger partial charge on any atom is -0.0882 e. The van der Waals surface area contributed by atoms with Crippen LogP contribution >= 0.6 is 0 Å². The zero-order chi connectivity index (χ0) is 12.0. The highest BCUT2D eigenvalue weighted by Crippen LogP contribution is 2.36. The van der Waals surface area contributed by atoms with E-state index in [0.717, 1.165) is 17.8 Å². The molecule has 1 rings (SSSR count). The van der Waals surface area contributed by atoms with Crippen molar-refractivity contribution >= 4 is 0 Å². The van der Waals surface area contributed by atoms with E-state index in [4.69, 9.17) is 0 Å². The van der Waals surface area contributed by atoms with Gasteiger partial charge in [0.2, 0.25) is 0 Å². The van der Waals surface area contributed by atoms with E-state index in [1.165, 1.54) is 32.1 Å². The SMILES string of the molecule is C/C=C(\CCCC)C(C)C1CCC=CC1C. The van der Waals surface area contributed by atoms with E-state index >= 15 is 0 Å². The van der Waals surface area contributed by atoms with Crippen molar-refractivity contribution in [2.24, 2.45) is 17.8 Å². The molecule has 0 saturated heterocycles. The summed E-state index contributed by atoms with van der Waals surface area (Å²) >= 11 is 0. The zero-order valence-electron chi connectivity index (χ0n) is 11.5. The van der Waals surface area contributed by atoms with E-state index < -0.39 is 0 Å². The van der Waals surface area contributed by atoms with Crippen LogP contribution in [0.5, 0.6) is 0 Å². The van der Waals surface area contributed by atoms with Crippen LogP contribution in [0.15, 0.2) is 23.8 Å². The molecule has 0 heterocycles. The zero-order valence-corrected chi connectivity index (χ0v) is 11.5. The fourth-order valence-electron chi connectivity index (χ4n) is 3.00. The molecule has 0 spiro atoms. The molecule has 0 saturated carbocycles. The van der Waals surface area contributed by atoms with Gasteiger partial charge in [-0.25, -0.2) is 0 Å². The number of unbranched alkanes of at least 4 members (excludes halogenated alkanes) is 1. The minimum atomic E-state index is 0.764. The van der Waals surface area contributed by atoms with Gasteiger partial charge in [-0.05, 0) is 50.4 Å². The van der Waals surface area contributed by atoms with Crippen LogP contribution in [0.3, 0.4) is 0 Å². The molecule has 0 bridgehead atoms. The van der Waals surface area contributed by atoms with Gasteiger partial charge in [0.05, 0.1) is 0 Å². The van der Waals surface area contributed by atoms with Crippen LogP contribution in [-0.2, 0) is 0 Å². The first-order valence-electron chi connectivity index (χ1n) is 7.02. The summed E-state index contributed by atoms with van der Waals surface area (Å²) in [6, 6.07) is 0. The molecule has 0 heteroatoms. The average molecular weight is 220 g/mol. The van der Waals surface area contributed by atoms with Gasteiger partial charge in [0.1, 0.15) is 0 Å². The predicted octanol–water partition coefficient (Wildman–Crippen LogP) is 5.36. The van der Waals surface area contributed by atoms with E-state index in [1.54, 1.807) is 5.57 Å². The van der Waals surface area contributed by atoms with Gasteiger partial charge in [-0.3, -0.25) is 0 Å². The first-order chi connectivity index (χ1) is 7.70. The molecule has 0 aliphatic heterocycles. The third-order valence-corrected chi connectivity index (χ3v) is 4.20. The number of hydrogen-bond donors (Lipinski definition) is 0. The first kappa shape index (κ1) is 13.5. The van der Waals surface area contributed by atoms with Crippen molar-refractivity contribution in [1.82, 2.24) is 0 Å². The first-order valence-corrected chi connectivity index (χ1v) is 7.02. The van der Waals surface area contributed by atoms with E-state index in [2.05, 4.69) is 45.9 Å². The van der Waals surface area contributed by atoms with Crippen molar-refractivity contribution < 1.29 is 0 Å². The average Bonchev–Trinajstić information content (AvgIpc) is 2.30. The summed E-state index contributed by atoms with van der Waals surface area (Å²) in [7, 11) is 0. The molecule has 0 aromatic heterocycles. The third kappa shape index (κ3) is 3.50. The topological polar surface area (TPSA) is 0 Å². The fraction of sp³-hybridized carbons (Fsp3) is 0.750. The summed E-state index contributed by atoms with van der Waals surface area (Å²) in [4.78, 5) is 0. The van der Waals surface area contributed by atoms with Gasteiger partial charge in [-0.1, -0.05) is 51.0 Å². The molecule has 16 heavy (non-hydrogen) atoms. The van der Waals surface area contributed by atoms with Crippen molar-refractivity contribution in [2.75, 3.05) is 0 Å². The van der Waals surface area contributed by atoms with Gasteiger partial charge in [0.15, 0.2) is 0 Å². The molecule has 0 nitrogen and oxygen atoms in total. The van der Waals surface area contributed by atoms with Crippen LogP contribution in [0, 0.1) is 17.8 Å². The molecular formula is C16H28. The van der Waals surface area contributed by atoms with Gasteiger partial charge in [0.25, 0.3) is 0 Å². The Balaban J connectivity index is 2.60. The normalized spacial score (nSPS) is 28.1. The van der Waals surface area contributed by atoms with Gasteiger partial charge in [-0.15, -0.1) is 0 Å². The van der Waals surface area contributed by atoms with Crippen LogP contribution in [-0.4, -0.2) is 0 Å². The highest BCUT2D eigenvalue weighted by atomic mass is 14.3. The summed E-state index contributed by atoms with van der Waals surface area (Å²) in [6.07, 6.45) is 13.8. The number of hydrogen-bond acceptors (Lipinski definition) is 0. The van der Waals surface area contributed by atoms with E-state index in [-0.39, 0.29) is 0 Å². The Hall–Kier alpha value is -0.520. The molecule has 0 fully saturated rings.